The van der Waals surface area contributed by atoms with E-state index in [0.717, 1.165) is 35.4 Å². The van der Waals surface area contributed by atoms with Crippen LogP contribution in [0.5, 0.6) is 5.75 Å². The Hall–Kier alpha value is -4.10. The van der Waals surface area contributed by atoms with E-state index in [1.54, 1.807) is 12.1 Å². The third kappa shape index (κ3) is 9.19. The van der Waals surface area contributed by atoms with E-state index in [9.17, 15) is 18.0 Å². The summed E-state index contributed by atoms with van der Waals surface area (Å²) in [4.78, 5) is 37.9. The SMILES string of the molecule is C[NH+]=C/C(=C\NCCCN)c1ccc(OCCO/N=C(\C(=O)N[C@@H]2C(=O)N(OS(=O)(=O)O)C2(C)C)c2csc(N)n2)cc1. The number of nitrogens with one attached hydrogen (secondary N) is 3. The molecule has 18 heteroatoms. The fraction of sp³-hybridized carbons (Fsp3) is 0.400. The van der Waals surface area contributed by atoms with Gasteiger partial charge in [0, 0.05) is 18.1 Å². The van der Waals surface area contributed by atoms with Gasteiger partial charge in [-0.15, -0.1) is 15.6 Å². The molecule has 2 aromatic rings. The maximum absolute atomic E-state index is 13.1. The first-order chi connectivity index (χ1) is 20.4. The van der Waals surface area contributed by atoms with Crippen LogP contribution in [0.25, 0.3) is 5.57 Å². The van der Waals surface area contributed by atoms with Gasteiger partial charge in [-0.25, -0.2) is 4.98 Å². The number of amides is 2. The molecule has 3 rings (SSSR count). The number of ether oxygens (including phenoxy) is 1. The van der Waals surface area contributed by atoms with Gasteiger partial charge in [-0.2, -0.15) is 13.5 Å². The normalized spacial score (nSPS) is 17.1. The molecule has 1 aromatic heterocycles. The second-order valence-corrected chi connectivity index (χ2v) is 11.4. The Morgan fingerprint density at radius 1 is 1.30 bits per heavy atom. The number of hydrogen-bond donors (Lipinski definition) is 6. The Morgan fingerprint density at radius 3 is 2.60 bits per heavy atom. The molecule has 0 spiro atoms. The first kappa shape index (κ1) is 33.4. The van der Waals surface area contributed by atoms with Gasteiger partial charge in [0.25, 0.3) is 11.8 Å². The van der Waals surface area contributed by atoms with Gasteiger partial charge in [-0.05, 0) is 44.5 Å². The summed E-state index contributed by atoms with van der Waals surface area (Å²) in [5, 5.41) is 11.7. The van der Waals surface area contributed by atoms with Crippen LogP contribution < -0.4 is 31.8 Å². The van der Waals surface area contributed by atoms with Crippen LogP contribution in [0.1, 0.15) is 31.5 Å². The van der Waals surface area contributed by atoms with E-state index in [1.807, 2.05) is 31.6 Å². The monoisotopic (exact) mass is 639 g/mol. The third-order valence-corrected chi connectivity index (χ3v) is 6.98. The molecule has 2 heterocycles. The van der Waals surface area contributed by atoms with Gasteiger partial charge in [0.2, 0.25) is 0 Å². The van der Waals surface area contributed by atoms with E-state index < -0.39 is 33.8 Å². The predicted molar refractivity (Wildman–Crippen MR) is 159 cm³/mol. The molecule has 1 saturated heterocycles. The van der Waals surface area contributed by atoms with Gasteiger partial charge in [0.1, 0.15) is 31.1 Å². The second-order valence-electron chi connectivity index (χ2n) is 9.54. The van der Waals surface area contributed by atoms with E-state index in [0.29, 0.717) is 17.4 Å². The standard InChI is InChI=1S/C25H34N8O8S2/c1-25(2)21(23(35)33(25)41-43(36,37)38)31-22(34)20(19-15-42-24(27)30-19)32-40-12-11-39-18-7-5-16(6-8-18)17(13-28-3)14-29-10-4-9-26/h5-8,13-15,21,29H,4,9-12,26H2,1-3H3,(H2,27,30)(H,31,34)(H,36,37,38)/p+1/b17-14+,28-13?,32-20-/t21-/m1/s1. The molecular weight excluding hydrogens is 604 g/mol. The second kappa shape index (κ2) is 14.9. The molecule has 8 N–H and O–H groups in total. The van der Waals surface area contributed by atoms with Crippen LogP contribution in [-0.2, 0) is 29.1 Å². The van der Waals surface area contributed by atoms with E-state index in [1.165, 1.54) is 19.2 Å². The number of nitrogen functional groups attached to an aromatic ring is 1. The highest BCUT2D eigenvalue weighted by atomic mass is 32.3. The van der Waals surface area contributed by atoms with Gasteiger partial charge in [-0.3, -0.25) is 19.1 Å². The molecule has 0 radical (unpaired) electrons. The zero-order valence-corrected chi connectivity index (χ0v) is 25.4. The minimum absolute atomic E-state index is 0.0360. The van der Waals surface area contributed by atoms with Crippen molar-refractivity contribution >= 4 is 56.2 Å². The topological polar surface area (TPSA) is 235 Å². The number of rotatable bonds is 16. The van der Waals surface area contributed by atoms with Crippen molar-refractivity contribution in [3.8, 4) is 5.75 Å². The van der Waals surface area contributed by atoms with E-state index in [2.05, 4.69) is 30.0 Å². The number of carbonyl (C=O) groups excluding carboxylic acids is 2. The summed E-state index contributed by atoms with van der Waals surface area (Å²) >= 11 is 1.07. The maximum Gasteiger partial charge on any atom is 0.418 e. The van der Waals surface area contributed by atoms with E-state index in [4.69, 9.17) is 25.6 Å². The summed E-state index contributed by atoms with van der Waals surface area (Å²) in [6.07, 6.45) is 4.63. The number of thiazole rings is 1. The van der Waals surface area contributed by atoms with Crippen molar-refractivity contribution in [1.82, 2.24) is 20.7 Å². The molecule has 0 aliphatic carbocycles. The number of β-lactam (4-membered cyclic amide) rings is 1. The highest BCUT2D eigenvalue weighted by Crippen LogP contribution is 2.33. The van der Waals surface area contributed by atoms with Crippen LogP contribution in [-0.4, -0.2) is 91.7 Å². The molecule has 1 aliphatic heterocycles. The zero-order chi connectivity index (χ0) is 31.6. The average molecular weight is 640 g/mol. The molecule has 1 aromatic carbocycles. The molecule has 0 unspecified atom stereocenters. The summed E-state index contributed by atoms with van der Waals surface area (Å²) in [5.74, 6) is -1.15. The van der Waals surface area contributed by atoms with Crippen LogP contribution in [0, 0.1) is 0 Å². The number of anilines is 1. The van der Waals surface area contributed by atoms with Crippen LogP contribution in [0.3, 0.4) is 0 Å². The van der Waals surface area contributed by atoms with Crippen molar-refractivity contribution in [1.29, 1.82) is 0 Å². The number of hydroxylamine groups is 2. The average Bonchev–Trinajstić information content (AvgIpc) is 3.39. The summed E-state index contributed by atoms with van der Waals surface area (Å²) < 4.78 is 41.0. The first-order valence-corrected chi connectivity index (χ1v) is 15.2. The minimum Gasteiger partial charge on any atom is -0.490 e. The lowest BCUT2D eigenvalue weighted by Gasteiger charge is -2.50. The number of allylic oxidation sites excluding steroid dienone is 1. The molecule has 16 nitrogen and oxygen atoms in total. The van der Waals surface area contributed by atoms with Gasteiger partial charge < -0.3 is 31.7 Å². The predicted octanol–water partition coefficient (Wildman–Crippen LogP) is -1.57. The Balaban J connectivity index is 1.60. The molecule has 43 heavy (non-hydrogen) atoms. The molecular formula is C25H35N8O8S2+. The van der Waals surface area contributed by atoms with Crippen LogP contribution in [0.15, 0.2) is 41.0 Å². The lowest BCUT2D eigenvalue weighted by Crippen LogP contribution is -2.76. The number of hydrogen-bond acceptors (Lipinski definition) is 13. The smallest absolute Gasteiger partial charge is 0.418 e. The number of carbonyl (C=O) groups is 2. The highest BCUT2D eigenvalue weighted by molar-refractivity contribution is 7.80. The first-order valence-electron chi connectivity index (χ1n) is 13.0. The molecule has 1 aliphatic rings. The molecule has 234 valence electrons. The van der Waals surface area contributed by atoms with E-state index in [-0.39, 0.29) is 29.8 Å². The van der Waals surface area contributed by atoms with Crippen molar-refractivity contribution in [2.75, 3.05) is 39.1 Å². The van der Waals surface area contributed by atoms with Gasteiger partial charge in [0.15, 0.2) is 23.7 Å². The van der Waals surface area contributed by atoms with Gasteiger partial charge in [-0.1, -0.05) is 17.3 Å². The van der Waals surface area contributed by atoms with Crippen LogP contribution in [0.2, 0.25) is 0 Å². The van der Waals surface area contributed by atoms with Crippen molar-refractivity contribution in [3.05, 3.63) is 47.1 Å². The molecule has 1 atom stereocenters. The summed E-state index contributed by atoms with van der Waals surface area (Å²) in [6.45, 7) is 4.29. The third-order valence-electron chi connectivity index (χ3n) is 5.97. The van der Waals surface area contributed by atoms with Crippen LogP contribution >= 0.6 is 11.3 Å². The van der Waals surface area contributed by atoms with Gasteiger partial charge >= 0.3 is 10.4 Å². The Kier molecular flexibility index (Phi) is 11.6. The van der Waals surface area contributed by atoms with Crippen molar-refractivity contribution in [2.45, 2.75) is 31.8 Å². The van der Waals surface area contributed by atoms with Crippen molar-refractivity contribution < 1.29 is 41.4 Å². The number of aromatic nitrogens is 1. The lowest BCUT2D eigenvalue weighted by atomic mass is 9.84. The van der Waals surface area contributed by atoms with Crippen molar-refractivity contribution in [3.63, 3.8) is 0 Å². The van der Waals surface area contributed by atoms with Crippen LogP contribution in [0.4, 0.5) is 5.13 Å². The van der Waals surface area contributed by atoms with Gasteiger partial charge in [0.05, 0.1) is 11.1 Å². The minimum atomic E-state index is -4.95. The number of nitrogens with two attached hydrogens (primary N) is 2. The van der Waals surface area contributed by atoms with E-state index >= 15 is 0 Å². The molecule has 2 amide bonds. The zero-order valence-electron chi connectivity index (χ0n) is 23.8. The summed E-state index contributed by atoms with van der Waals surface area (Å²) in [7, 11) is -3.13. The fourth-order valence-corrected chi connectivity index (χ4v) is 4.82. The molecule has 1 fully saturated rings. The quantitative estimate of drug-likeness (QED) is 0.0402. The Morgan fingerprint density at radius 2 is 2.02 bits per heavy atom. The molecule has 0 bridgehead atoms. The van der Waals surface area contributed by atoms with Crippen molar-refractivity contribution in [2.24, 2.45) is 10.9 Å². The largest absolute Gasteiger partial charge is 0.490 e. The Bertz CT molecular complexity index is 1470. The number of oxime groups is 1. The fourth-order valence-electron chi connectivity index (χ4n) is 3.82. The number of benzene rings is 1. The maximum atomic E-state index is 13.1. The Labute approximate surface area is 252 Å². The molecule has 0 saturated carbocycles. The summed E-state index contributed by atoms with van der Waals surface area (Å²) in [5.41, 5.74) is 11.7. The number of nitrogens with zero attached hydrogens (tertiary/aromatic N) is 3. The highest BCUT2D eigenvalue weighted by Gasteiger charge is 2.58. The summed E-state index contributed by atoms with van der Waals surface area (Å²) in [6, 6.07) is 6.22. The lowest BCUT2D eigenvalue weighted by molar-refractivity contribution is -0.412.